The smallest absolute Gasteiger partial charge is 0.326 e. The van der Waals surface area contributed by atoms with Crippen molar-refractivity contribution in [3.63, 3.8) is 0 Å². The predicted molar refractivity (Wildman–Crippen MR) is 127 cm³/mol. The van der Waals surface area contributed by atoms with Gasteiger partial charge in [-0.15, -0.1) is 0 Å². The average molecular weight is 460 g/mol. The van der Waals surface area contributed by atoms with Crippen LogP contribution in [0.15, 0.2) is 41.3 Å². The van der Waals surface area contributed by atoms with Gasteiger partial charge >= 0.3 is 6.03 Å². The van der Waals surface area contributed by atoms with Crippen LogP contribution >= 0.6 is 0 Å². The topological polar surface area (TPSA) is 144 Å². The van der Waals surface area contributed by atoms with E-state index < -0.39 is 6.03 Å². The van der Waals surface area contributed by atoms with Crippen molar-refractivity contribution in [3.05, 3.63) is 48.0 Å². The highest BCUT2D eigenvalue weighted by Crippen LogP contribution is 2.47. The lowest BCUT2D eigenvalue weighted by Crippen LogP contribution is -2.20. The fourth-order valence-electron chi connectivity index (χ4n) is 4.30. The van der Waals surface area contributed by atoms with Crippen LogP contribution in [0.5, 0.6) is 0 Å². The Bertz CT molecular complexity index is 1420. The lowest BCUT2D eigenvalue weighted by atomic mass is 10.0. The summed E-state index contributed by atoms with van der Waals surface area (Å²) >= 11 is 0. The van der Waals surface area contributed by atoms with Gasteiger partial charge in [0.25, 0.3) is 0 Å². The number of hydrogen-bond donors (Lipinski definition) is 4. The molecule has 10 nitrogen and oxygen atoms in total. The molecule has 3 aromatic heterocycles. The number of benzene rings is 1. The van der Waals surface area contributed by atoms with E-state index >= 15 is 0 Å². The fraction of sp³-hybridized carbons (Fsp3) is 0.333. The molecule has 2 amide bonds. The van der Waals surface area contributed by atoms with Gasteiger partial charge in [0, 0.05) is 40.5 Å². The van der Waals surface area contributed by atoms with E-state index in [4.69, 9.17) is 10.3 Å². The van der Waals surface area contributed by atoms with Gasteiger partial charge in [0.05, 0.1) is 17.7 Å². The lowest BCUT2D eigenvalue weighted by molar-refractivity contribution is 0.261. The van der Waals surface area contributed by atoms with Crippen LogP contribution in [0.1, 0.15) is 49.9 Å². The molecular formula is C24H25N7O3. The summed E-state index contributed by atoms with van der Waals surface area (Å²) in [4.78, 5) is 21.2. The maximum Gasteiger partial charge on any atom is 0.326 e. The van der Waals surface area contributed by atoms with Crippen LogP contribution in [0.3, 0.4) is 0 Å². The third kappa shape index (κ3) is 3.56. The summed E-state index contributed by atoms with van der Waals surface area (Å²) in [6.07, 6.45) is 7.87. The normalized spacial score (nSPS) is 16.5. The highest BCUT2D eigenvalue weighted by atomic mass is 16.5. The number of rotatable bonds is 6. The molecule has 2 aliphatic rings. The third-order valence-corrected chi connectivity index (χ3v) is 6.78. The first kappa shape index (κ1) is 20.7. The van der Waals surface area contributed by atoms with Crippen LogP contribution in [0.25, 0.3) is 22.2 Å². The molecule has 10 heteroatoms. The number of nitrogens with two attached hydrogens (primary N) is 1. The standard InChI is InChI=1S/C24H25N7O3/c1-24(6-7-24)18-9-19(34-30-18)29-23(33)28-17-5-2-13(8-14(17)11-32)16-10-31(15-3-4-15)22-20(16)21(25)26-12-27-22/h2,5,8-10,12,15,32H,3-4,6-7,11H2,1H3,(H2,25,26,27)(H2,28,29,33). The first-order valence-corrected chi connectivity index (χ1v) is 11.4. The van der Waals surface area contributed by atoms with E-state index in [1.165, 1.54) is 6.33 Å². The van der Waals surface area contributed by atoms with Gasteiger partial charge in [-0.05, 0) is 43.4 Å². The van der Waals surface area contributed by atoms with Gasteiger partial charge in [0.1, 0.15) is 17.8 Å². The number of hydrogen-bond acceptors (Lipinski definition) is 7. The summed E-state index contributed by atoms with van der Waals surface area (Å²) in [5.41, 5.74) is 10.7. The second-order valence-corrected chi connectivity index (χ2v) is 9.38. The third-order valence-electron chi connectivity index (χ3n) is 6.78. The van der Waals surface area contributed by atoms with E-state index in [0.29, 0.717) is 23.1 Å². The molecule has 0 saturated heterocycles. The van der Waals surface area contributed by atoms with Crippen molar-refractivity contribution in [2.75, 3.05) is 16.4 Å². The van der Waals surface area contributed by atoms with Crippen LogP contribution in [-0.2, 0) is 12.0 Å². The Balaban J connectivity index is 1.26. The molecule has 2 saturated carbocycles. The van der Waals surface area contributed by atoms with Crippen molar-refractivity contribution in [2.45, 2.75) is 50.7 Å². The number of anilines is 3. The number of carbonyl (C=O) groups excluding carboxylic acids is 1. The van der Waals surface area contributed by atoms with Crippen LogP contribution in [-0.4, -0.2) is 30.8 Å². The highest BCUT2D eigenvalue weighted by Gasteiger charge is 2.42. The van der Waals surface area contributed by atoms with Gasteiger partial charge in [0.2, 0.25) is 5.88 Å². The van der Waals surface area contributed by atoms with E-state index in [1.54, 1.807) is 12.1 Å². The number of nitrogens with zero attached hydrogens (tertiary/aromatic N) is 4. The van der Waals surface area contributed by atoms with Crippen LogP contribution in [0.4, 0.5) is 22.2 Å². The Morgan fingerprint density at radius 2 is 2.09 bits per heavy atom. The Morgan fingerprint density at radius 3 is 2.82 bits per heavy atom. The highest BCUT2D eigenvalue weighted by molar-refractivity contribution is 6.02. The number of fused-ring (bicyclic) bond motifs is 1. The van der Waals surface area contributed by atoms with Crippen molar-refractivity contribution in [2.24, 2.45) is 0 Å². The van der Waals surface area contributed by atoms with E-state index in [9.17, 15) is 9.90 Å². The molecule has 0 atom stereocenters. The number of nitrogen functional groups attached to an aromatic ring is 1. The molecule has 0 unspecified atom stereocenters. The van der Waals surface area contributed by atoms with Crippen LogP contribution in [0.2, 0.25) is 0 Å². The molecule has 5 N–H and O–H groups in total. The zero-order valence-electron chi connectivity index (χ0n) is 18.7. The maximum absolute atomic E-state index is 12.6. The van der Waals surface area contributed by atoms with E-state index in [2.05, 4.69) is 37.2 Å². The Labute approximate surface area is 195 Å². The molecule has 174 valence electrons. The van der Waals surface area contributed by atoms with Crippen molar-refractivity contribution in [1.82, 2.24) is 19.7 Å². The van der Waals surface area contributed by atoms with Gasteiger partial charge in [-0.2, -0.15) is 0 Å². The molecule has 4 aromatic rings. The number of aromatic nitrogens is 4. The van der Waals surface area contributed by atoms with Gasteiger partial charge in [-0.3, -0.25) is 5.32 Å². The summed E-state index contributed by atoms with van der Waals surface area (Å²) in [6, 6.07) is 7.19. The molecule has 0 aliphatic heterocycles. The summed E-state index contributed by atoms with van der Waals surface area (Å²) in [5.74, 6) is 0.698. The second kappa shape index (κ2) is 7.56. The quantitative estimate of drug-likeness (QED) is 0.338. The zero-order chi connectivity index (χ0) is 23.4. The van der Waals surface area contributed by atoms with Gasteiger partial charge in [-0.1, -0.05) is 18.1 Å². The van der Waals surface area contributed by atoms with E-state index in [-0.39, 0.29) is 17.9 Å². The van der Waals surface area contributed by atoms with Crippen LogP contribution < -0.4 is 16.4 Å². The average Bonchev–Trinajstić information content (AvgIpc) is 3.72. The van der Waals surface area contributed by atoms with Gasteiger partial charge in [0.15, 0.2) is 0 Å². The molecule has 1 aromatic carbocycles. The van der Waals surface area contributed by atoms with Crippen molar-refractivity contribution in [3.8, 4) is 11.1 Å². The summed E-state index contributed by atoms with van der Waals surface area (Å²) in [5, 5.41) is 20.3. The first-order chi connectivity index (χ1) is 16.4. The molecule has 2 fully saturated rings. The molecule has 0 bridgehead atoms. The zero-order valence-corrected chi connectivity index (χ0v) is 18.7. The minimum atomic E-state index is -0.478. The van der Waals surface area contributed by atoms with E-state index in [1.807, 2.05) is 18.3 Å². The number of aliphatic hydroxyl groups is 1. The summed E-state index contributed by atoms with van der Waals surface area (Å²) in [6.45, 7) is 1.87. The van der Waals surface area contributed by atoms with Crippen molar-refractivity contribution in [1.29, 1.82) is 0 Å². The second-order valence-electron chi connectivity index (χ2n) is 9.38. The number of aliphatic hydroxyl groups excluding tert-OH is 1. The number of amides is 2. The molecule has 2 aliphatic carbocycles. The Kier molecular flexibility index (Phi) is 4.59. The summed E-state index contributed by atoms with van der Waals surface area (Å²) in [7, 11) is 0. The van der Waals surface area contributed by atoms with Gasteiger partial charge in [-0.25, -0.2) is 14.8 Å². The van der Waals surface area contributed by atoms with Gasteiger partial charge < -0.3 is 25.2 Å². The SMILES string of the molecule is CC1(c2cc(NC(=O)Nc3ccc(-c4cn(C5CC5)c5ncnc(N)c45)cc3CO)on2)CC1. The lowest BCUT2D eigenvalue weighted by Gasteiger charge is -2.11. The van der Waals surface area contributed by atoms with Crippen molar-refractivity contribution < 1.29 is 14.4 Å². The fourth-order valence-corrected chi connectivity index (χ4v) is 4.30. The number of nitrogens with one attached hydrogen (secondary N) is 2. The molecule has 3 heterocycles. The first-order valence-electron chi connectivity index (χ1n) is 11.4. The molecule has 0 spiro atoms. The van der Waals surface area contributed by atoms with Crippen molar-refractivity contribution >= 4 is 34.5 Å². The minimum Gasteiger partial charge on any atom is -0.392 e. The number of carbonyl (C=O) groups is 1. The Hall–Kier alpha value is -3.92. The molecule has 34 heavy (non-hydrogen) atoms. The maximum atomic E-state index is 12.6. The minimum absolute atomic E-state index is 0.0524. The summed E-state index contributed by atoms with van der Waals surface area (Å²) < 4.78 is 7.40. The Morgan fingerprint density at radius 1 is 1.26 bits per heavy atom. The molecular weight excluding hydrogens is 434 g/mol. The predicted octanol–water partition coefficient (Wildman–Crippen LogP) is 4.19. The van der Waals surface area contributed by atoms with Crippen LogP contribution in [0, 0.1) is 0 Å². The van der Waals surface area contributed by atoms with E-state index in [0.717, 1.165) is 53.5 Å². The molecule has 6 rings (SSSR count). The molecule has 0 radical (unpaired) electrons. The monoisotopic (exact) mass is 459 g/mol. The largest absolute Gasteiger partial charge is 0.392 e. The number of urea groups is 1.